The number of carbonyl (C=O) groups excluding carboxylic acids is 1. The van der Waals surface area contributed by atoms with Crippen LogP contribution in [0.4, 0.5) is 5.95 Å². The summed E-state index contributed by atoms with van der Waals surface area (Å²) >= 11 is 0. The van der Waals surface area contributed by atoms with Gasteiger partial charge in [0.2, 0.25) is 11.9 Å². The van der Waals surface area contributed by atoms with Crippen molar-refractivity contribution >= 4 is 11.9 Å². The van der Waals surface area contributed by atoms with Gasteiger partial charge in [-0.2, -0.15) is 0 Å². The van der Waals surface area contributed by atoms with Crippen molar-refractivity contribution in [3.8, 4) is 11.4 Å². The number of hydrogen-bond donors (Lipinski definition) is 0. The molecule has 3 aromatic rings. The average Bonchev–Trinajstić information content (AvgIpc) is 2.83. The number of anilines is 1. The van der Waals surface area contributed by atoms with Gasteiger partial charge in [0.15, 0.2) is 5.82 Å². The normalized spacial score (nSPS) is 18.1. The van der Waals surface area contributed by atoms with Crippen molar-refractivity contribution in [3.05, 3.63) is 65.7 Å². The van der Waals surface area contributed by atoms with Crippen LogP contribution < -0.4 is 4.90 Å². The number of rotatable bonds is 4. The number of benzene rings is 1. The molecule has 2 fully saturated rings. The standard InChI is InChI=1S/C26H30N6O/c1-19-16-20(2)30-25(29-19)31-14-9-26(10-15-31)8-4-13-32(24(26)33)18-21-6-3-7-22(17-21)23-27-11-5-12-28-23/h3,5-7,11-12,16-17H,4,8-10,13-15,18H2,1-2H3. The molecule has 2 aromatic heterocycles. The average molecular weight is 443 g/mol. The summed E-state index contributed by atoms with van der Waals surface area (Å²) in [6.07, 6.45) is 7.24. The van der Waals surface area contributed by atoms with Gasteiger partial charge in [0.05, 0.1) is 5.41 Å². The van der Waals surface area contributed by atoms with E-state index in [1.807, 2.05) is 38.1 Å². The first kappa shape index (κ1) is 21.5. The van der Waals surface area contributed by atoms with Crippen LogP contribution >= 0.6 is 0 Å². The third-order valence-electron chi connectivity index (χ3n) is 6.92. The number of nitrogens with zero attached hydrogens (tertiary/aromatic N) is 6. The lowest BCUT2D eigenvalue weighted by molar-refractivity contribution is -0.148. The minimum atomic E-state index is -0.256. The first-order chi connectivity index (χ1) is 16.0. The fraction of sp³-hybridized carbons (Fsp3) is 0.423. The van der Waals surface area contributed by atoms with Gasteiger partial charge in [0, 0.05) is 55.5 Å². The predicted molar refractivity (Wildman–Crippen MR) is 128 cm³/mol. The van der Waals surface area contributed by atoms with E-state index in [1.165, 1.54) is 0 Å². The summed E-state index contributed by atoms with van der Waals surface area (Å²) in [7, 11) is 0. The van der Waals surface area contributed by atoms with Crippen molar-refractivity contribution in [1.29, 1.82) is 0 Å². The van der Waals surface area contributed by atoms with E-state index in [4.69, 9.17) is 0 Å². The minimum absolute atomic E-state index is 0.256. The molecule has 2 saturated heterocycles. The van der Waals surface area contributed by atoms with E-state index in [1.54, 1.807) is 12.4 Å². The maximum atomic E-state index is 13.7. The van der Waals surface area contributed by atoms with Crippen molar-refractivity contribution in [1.82, 2.24) is 24.8 Å². The van der Waals surface area contributed by atoms with Crippen LogP contribution in [0.5, 0.6) is 0 Å². The molecule has 4 heterocycles. The molecule has 7 heteroatoms. The van der Waals surface area contributed by atoms with Gasteiger partial charge in [-0.25, -0.2) is 19.9 Å². The summed E-state index contributed by atoms with van der Waals surface area (Å²) in [5, 5.41) is 0. The van der Waals surface area contributed by atoms with E-state index < -0.39 is 0 Å². The molecule has 0 saturated carbocycles. The van der Waals surface area contributed by atoms with Crippen LogP contribution in [0, 0.1) is 19.3 Å². The highest BCUT2D eigenvalue weighted by atomic mass is 16.2. The molecule has 0 unspecified atom stereocenters. The van der Waals surface area contributed by atoms with Crippen LogP contribution in [0.1, 0.15) is 42.6 Å². The van der Waals surface area contributed by atoms with Gasteiger partial charge < -0.3 is 9.80 Å². The number of amides is 1. The second-order valence-electron chi connectivity index (χ2n) is 9.32. The zero-order valence-electron chi connectivity index (χ0n) is 19.4. The summed E-state index contributed by atoms with van der Waals surface area (Å²) in [4.78, 5) is 35.9. The lowest BCUT2D eigenvalue weighted by Gasteiger charge is -2.46. The molecule has 7 nitrogen and oxygen atoms in total. The number of hydrogen-bond acceptors (Lipinski definition) is 6. The van der Waals surface area contributed by atoms with Gasteiger partial charge >= 0.3 is 0 Å². The molecule has 0 aliphatic carbocycles. The third kappa shape index (κ3) is 4.45. The van der Waals surface area contributed by atoms with Gasteiger partial charge in [0.25, 0.3) is 0 Å². The van der Waals surface area contributed by atoms with E-state index in [0.717, 1.165) is 73.8 Å². The molecular formula is C26H30N6O. The molecule has 1 aromatic carbocycles. The summed E-state index contributed by atoms with van der Waals surface area (Å²) in [5.74, 6) is 1.81. The molecular weight excluding hydrogens is 412 g/mol. The van der Waals surface area contributed by atoms with Crippen LogP contribution in [-0.2, 0) is 11.3 Å². The highest BCUT2D eigenvalue weighted by Gasteiger charge is 2.45. The molecule has 0 atom stereocenters. The van der Waals surface area contributed by atoms with Gasteiger partial charge in [-0.05, 0) is 63.3 Å². The molecule has 2 aliphatic heterocycles. The Bertz CT molecular complexity index is 1120. The molecule has 2 aliphatic rings. The quantitative estimate of drug-likeness (QED) is 0.609. The molecule has 0 N–H and O–H groups in total. The van der Waals surface area contributed by atoms with Gasteiger partial charge in [-0.1, -0.05) is 18.2 Å². The van der Waals surface area contributed by atoms with Crippen molar-refractivity contribution in [2.24, 2.45) is 5.41 Å². The van der Waals surface area contributed by atoms with E-state index in [2.05, 4.69) is 41.9 Å². The van der Waals surface area contributed by atoms with Crippen molar-refractivity contribution < 1.29 is 4.79 Å². The van der Waals surface area contributed by atoms with Crippen molar-refractivity contribution in [2.45, 2.75) is 46.1 Å². The van der Waals surface area contributed by atoms with E-state index >= 15 is 0 Å². The van der Waals surface area contributed by atoms with Crippen LogP contribution in [0.3, 0.4) is 0 Å². The van der Waals surface area contributed by atoms with Gasteiger partial charge in [-0.3, -0.25) is 4.79 Å². The zero-order chi connectivity index (χ0) is 22.8. The summed E-state index contributed by atoms with van der Waals surface area (Å²) in [6.45, 7) is 7.10. The molecule has 170 valence electrons. The Labute approximate surface area is 194 Å². The van der Waals surface area contributed by atoms with Crippen LogP contribution in [0.2, 0.25) is 0 Å². The summed E-state index contributed by atoms with van der Waals surface area (Å²) in [5.41, 5.74) is 3.82. The highest BCUT2D eigenvalue weighted by molar-refractivity contribution is 5.84. The maximum Gasteiger partial charge on any atom is 0.229 e. The second-order valence-corrected chi connectivity index (χ2v) is 9.32. The van der Waals surface area contributed by atoms with E-state index in [-0.39, 0.29) is 5.41 Å². The highest BCUT2D eigenvalue weighted by Crippen LogP contribution is 2.42. The molecule has 1 spiro atoms. The fourth-order valence-corrected chi connectivity index (χ4v) is 5.23. The molecule has 5 rings (SSSR count). The Morgan fingerprint density at radius 1 is 0.909 bits per heavy atom. The predicted octanol–water partition coefficient (Wildman–Crippen LogP) is 3.96. The zero-order valence-corrected chi connectivity index (χ0v) is 19.4. The number of piperidine rings is 2. The summed E-state index contributed by atoms with van der Waals surface area (Å²) < 4.78 is 0. The second kappa shape index (κ2) is 8.89. The SMILES string of the molecule is Cc1cc(C)nc(N2CCC3(CCCN(Cc4cccc(-c5ncccn5)c4)C3=O)CC2)n1. The van der Waals surface area contributed by atoms with Crippen LogP contribution in [-0.4, -0.2) is 50.4 Å². The number of aryl methyl sites for hydroxylation is 2. The fourth-order valence-electron chi connectivity index (χ4n) is 5.23. The number of carbonyl (C=O) groups is 1. The number of aromatic nitrogens is 4. The van der Waals surface area contributed by atoms with Gasteiger partial charge in [0.1, 0.15) is 0 Å². The minimum Gasteiger partial charge on any atom is -0.341 e. The monoisotopic (exact) mass is 442 g/mol. The Hall–Kier alpha value is -3.35. The lowest BCUT2D eigenvalue weighted by atomic mass is 9.71. The van der Waals surface area contributed by atoms with Crippen LogP contribution in [0.15, 0.2) is 48.8 Å². The largest absolute Gasteiger partial charge is 0.341 e. The lowest BCUT2D eigenvalue weighted by Crippen LogP contribution is -2.53. The van der Waals surface area contributed by atoms with Crippen molar-refractivity contribution in [3.63, 3.8) is 0 Å². The van der Waals surface area contributed by atoms with Crippen LogP contribution in [0.25, 0.3) is 11.4 Å². The molecule has 1 amide bonds. The third-order valence-corrected chi connectivity index (χ3v) is 6.92. The van der Waals surface area contributed by atoms with E-state index in [0.29, 0.717) is 18.3 Å². The Kier molecular flexibility index (Phi) is 5.79. The Morgan fingerprint density at radius 3 is 2.36 bits per heavy atom. The van der Waals surface area contributed by atoms with Crippen molar-refractivity contribution in [2.75, 3.05) is 24.5 Å². The first-order valence-corrected chi connectivity index (χ1v) is 11.8. The molecule has 0 radical (unpaired) electrons. The van der Waals surface area contributed by atoms with E-state index in [9.17, 15) is 4.79 Å². The van der Waals surface area contributed by atoms with Gasteiger partial charge in [-0.15, -0.1) is 0 Å². The number of likely N-dealkylation sites (tertiary alicyclic amines) is 1. The Balaban J connectivity index is 1.28. The molecule has 0 bridgehead atoms. The summed E-state index contributed by atoms with van der Waals surface area (Å²) in [6, 6.07) is 12.0. The smallest absolute Gasteiger partial charge is 0.229 e. The topological polar surface area (TPSA) is 75.1 Å². The Morgan fingerprint density at radius 2 is 1.64 bits per heavy atom. The first-order valence-electron chi connectivity index (χ1n) is 11.8. The molecule has 33 heavy (non-hydrogen) atoms. The maximum absolute atomic E-state index is 13.7.